The van der Waals surface area contributed by atoms with E-state index in [0.717, 1.165) is 26.2 Å². The second-order valence-corrected chi connectivity index (χ2v) is 5.97. The summed E-state index contributed by atoms with van der Waals surface area (Å²) in [6.45, 7) is 9.33. The van der Waals surface area contributed by atoms with Gasteiger partial charge in [0.15, 0.2) is 0 Å². The number of nitrogens with one attached hydrogen (secondary N) is 1. The predicted octanol–water partition coefficient (Wildman–Crippen LogP) is 0.302. The largest absolute Gasteiger partial charge is 0.481 e. The van der Waals surface area contributed by atoms with Gasteiger partial charge in [-0.25, -0.2) is 0 Å². The summed E-state index contributed by atoms with van der Waals surface area (Å²) in [4.78, 5) is 13.3. The second-order valence-electron chi connectivity index (χ2n) is 5.97. The number of aliphatic carboxylic acids is 1. The van der Waals surface area contributed by atoms with E-state index >= 15 is 0 Å². The minimum Gasteiger partial charge on any atom is -0.481 e. The molecule has 0 bridgehead atoms. The van der Waals surface area contributed by atoms with Gasteiger partial charge in [0.2, 0.25) is 0 Å². The molecule has 2 heterocycles. The van der Waals surface area contributed by atoms with Gasteiger partial charge in [-0.3, -0.25) is 9.69 Å². The highest BCUT2D eigenvalue weighted by molar-refractivity contribution is 5.68. The van der Waals surface area contributed by atoms with Crippen LogP contribution in [0.2, 0.25) is 0 Å². The maximum atomic E-state index is 11.0. The van der Waals surface area contributed by atoms with E-state index in [0.29, 0.717) is 0 Å². The molecule has 0 aliphatic carbocycles. The molecular weight excluding hydrogens is 220 g/mol. The van der Waals surface area contributed by atoms with E-state index in [2.05, 4.69) is 31.0 Å². The summed E-state index contributed by atoms with van der Waals surface area (Å²) in [6.07, 6.45) is 0.369. The Kier molecular flexibility index (Phi) is 3.18. The lowest BCUT2D eigenvalue weighted by Gasteiger charge is -2.55. The summed E-state index contributed by atoms with van der Waals surface area (Å²) >= 11 is 0. The van der Waals surface area contributed by atoms with E-state index in [1.165, 1.54) is 0 Å². The molecule has 0 aromatic rings. The molecule has 0 saturated carbocycles. The lowest BCUT2D eigenvalue weighted by atomic mass is 9.84. The topological polar surface area (TPSA) is 61.8 Å². The first-order chi connectivity index (χ1) is 7.83. The van der Waals surface area contributed by atoms with Gasteiger partial charge in [-0.1, -0.05) is 0 Å². The van der Waals surface area contributed by atoms with Crippen LogP contribution >= 0.6 is 0 Å². The molecule has 2 fully saturated rings. The summed E-state index contributed by atoms with van der Waals surface area (Å²) in [5.41, 5.74) is -0.403. The highest BCUT2D eigenvalue weighted by Crippen LogP contribution is 2.31. The zero-order chi connectivity index (χ0) is 12.7. The van der Waals surface area contributed by atoms with Crippen LogP contribution in [0.3, 0.4) is 0 Å². The summed E-state index contributed by atoms with van der Waals surface area (Å²) in [7, 11) is 0. The van der Waals surface area contributed by atoms with Crippen molar-refractivity contribution in [3.05, 3.63) is 0 Å². The third kappa shape index (κ3) is 2.61. The van der Waals surface area contributed by atoms with Crippen LogP contribution in [0.1, 0.15) is 27.2 Å². The summed E-state index contributed by atoms with van der Waals surface area (Å²) in [6, 6.07) is 0. The van der Waals surface area contributed by atoms with Gasteiger partial charge in [0.25, 0.3) is 0 Å². The molecule has 1 atom stereocenters. The fraction of sp³-hybridized carbons (Fsp3) is 0.917. The number of nitrogens with zero attached hydrogens (tertiary/aromatic N) is 1. The quantitative estimate of drug-likeness (QED) is 0.745. The highest BCUT2D eigenvalue weighted by Gasteiger charge is 2.48. The Morgan fingerprint density at radius 2 is 2.18 bits per heavy atom. The minimum atomic E-state index is -0.719. The molecule has 5 nitrogen and oxygen atoms in total. The Bertz CT molecular complexity index is 313. The van der Waals surface area contributed by atoms with Crippen LogP contribution < -0.4 is 5.32 Å². The molecule has 2 aliphatic rings. The van der Waals surface area contributed by atoms with E-state index < -0.39 is 5.97 Å². The Morgan fingerprint density at radius 3 is 2.59 bits per heavy atom. The predicted molar refractivity (Wildman–Crippen MR) is 64.1 cm³/mol. The maximum absolute atomic E-state index is 11.0. The van der Waals surface area contributed by atoms with Crippen LogP contribution in [-0.4, -0.2) is 59.4 Å². The standard InChI is InChI=1S/C12H22N2O3/c1-9-5-14(8-11(2,3)17-9)12(4-10(15)16)6-13-7-12/h9,13H,4-8H2,1-3H3,(H,15,16). The number of morpholine rings is 1. The van der Waals surface area contributed by atoms with Gasteiger partial charge in [-0.15, -0.1) is 0 Å². The fourth-order valence-electron chi connectivity index (χ4n) is 2.97. The Balaban J connectivity index is 2.11. The first-order valence-electron chi connectivity index (χ1n) is 6.18. The van der Waals surface area contributed by atoms with Crippen molar-refractivity contribution >= 4 is 5.97 Å². The van der Waals surface area contributed by atoms with Crippen LogP contribution in [0.15, 0.2) is 0 Å². The molecule has 0 radical (unpaired) electrons. The van der Waals surface area contributed by atoms with E-state index in [-0.39, 0.29) is 23.7 Å². The van der Waals surface area contributed by atoms with E-state index in [9.17, 15) is 4.79 Å². The van der Waals surface area contributed by atoms with Gasteiger partial charge < -0.3 is 15.2 Å². The number of ether oxygens (including phenoxy) is 1. The normalized spacial score (nSPS) is 31.8. The molecule has 2 aliphatic heterocycles. The lowest BCUT2D eigenvalue weighted by Crippen LogP contribution is -2.73. The Hall–Kier alpha value is -0.650. The average molecular weight is 242 g/mol. The lowest BCUT2D eigenvalue weighted by molar-refractivity contribution is -0.169. The number of hydrogen-bond donors (Lipinski definition) is 2. The molecule has 0 spiro atoms. The van der Waals surface area contributed by atoms with Crippen molar-refractivity contribution in [1.29, 1.82) is 0 Å². The van der Waals surface area contributed by atoms with Crippen molar-refractivity contribution in [1.82, 2.24) is 10.2 Å². The molecule has 5 heteroatoms. The molecule has 98 valence electrons. The van der Waals surface area contributed by atoms with Crippen LogP contribution in [0.4, 0.5) is 0 Å². The van der Waals surface area contributed by atoms with E-state index in [4.69, 9.17) is 9.84 Å². The molecule has 0 aromatic heterocycles. The van der Waals surface area contributed by atoms with E-state index in [1.807, 2.05) is 0 Å². The zero-order valence-corrected chi connectivity index (χ0v) is 10.8. The summed E-state index contributed by atoms with van der Waals surface area (Å²) in [5, 5.41) is 12.3. The number of rotatable bonds is 3. The smallest absolute Gasteiger partial charge is 0.305 e. The van der Waals surface area contributed by atoms with Gasteiger partial charge >= 0.3 is 5.97 Å². The second kappa shape index (κ2) is 4.23. The van der Waals surface area contributed by atoms with Gasteiger partial charge in [-0.05, 0) is 20.8 Å². The third-order valence-corrected chi connectivity index (χ3v) is 3.63. The molecule has 0 amide bonds. The number of carboxylic acid groups (broad SMARTS) is 1. The summed E-state index contributed by atoms with van der Waals surface area (Å²) < 4.78 is 5.86. The first-order valence-corrected chi connectivity index (χ1v) is 6.18. The van der Waals surface area contributed by atoms with Gasteiger partial charge in [0.05, 0.1) is 23.7 Å². The monoisotopic (exact) mass is 242 g/mol. The van der Waals surface area contributed by atoms with Crippen molar-refractivity contribution in [2.45, 2.75) is 44.4 Å². The van der Waals surface area contributed by atoms with Crippen LogP contribution in [0, 0.1) is 0 Å². The molecule has 17 heavy (non-hydrogen) atoms. The first kappa shape index (κ1) is 12.8. The van der Waals surface area contributed by atoms with Crippen molar-refractivity contribution < 1.29 is 14.6 Å². The maximum Gasteiger partial charge on any atom is 0.305 e. The van der Waals surface area contributed by atoms with Crippen LogP contribution in [0.25, 0.3) is 0 Å². The van der Waals surface area contributed by atoms with Crippen molar-refractivity contribution in [2.24, 2.45) is 0 Å². The van der Waals surface area contributed by atoms with Gasteiger partial charge in [0, 0.05) is 26.2 Å². The Morgan fingerprint density at radius 1 is 1.53 bits per heavy atom. The van der Waals surface area contributed by atoms with Crippen molar-refractivity contribution in [3.8, 4) is 0 Å². The molecule has 0 aromatic carbocycles. The molecule has 2 rings (SSSR count). The highest BCUT2D eigenvalue weighted by atomic mass is 16.5. The molecule has 2 N–H and O–H groups in total. The third-order valence-electron chi connectivity index (χ3n) is 3.63. The number of carbonyl (C=O) groups is 1. The average Bonchev–Trinajstić information content (AvgIpc) is 2.07. The van der Waals surface area contributed by atoms with Crippen LogP contribution in [0.5, 0.6) is 0 Å². The van der Waals surface area contributed by atoms with Gasteiger partial charge in [-0.2, -0.15) is 0 Å². The number of carboxylic acids is 1. The number of hydrogen-bond acceptors (Lipinski definition) is 4. The summed E-state index contributed by atoms with van der Waals surface area (Å²) in [5.74, 6) is -0.719. The van der Waals surface area contributed by atoms with Crippen LogP contribution in [-0.2, 0) is 9.53 Å². The Labute approximate surface area is 102 Å². The SMILES string of the molecule is CC1CN(C2(CC(=O)O)CNC2)CC(C)(C)O1. The molecule has 1 unspecified atom stereocenters. The van der Waals surface area contributed by atoms with Gasteiger partial charge in [0.1, 0.15) is 0 Å². The van der Waals surface area contributed by atoms with Crippen molar-refractivity contribution in [2.75, 3.05) is 26.2 Å². The van der Waals surface area contributed by atoms with Crippen molar-refractivity contribution in [3.63, 3.8) is 0 Å². The van der Waals surface area contributed by atoms with E-state index in [1.54, 1.807) is 0 Å². The minimum absolute atomic E-state index is 0.157. The fourth-order valence-corrected chi connectivity index (χ4v) is 2.97. The molecular formula is C12H22N2O3. The zero-order valence-electron chi connectivity index (χ0n) is 10.8. The molecule has 2 saturated heterocycles.